The van der Waals surface area contributed by atoms with Crippen LogP contribution in [0, 0.1) is 18.8 Å². The monoisotopic (exact) mass is 352 g/mol. The van der Waals surface area contributed by atoms with Gasteiger partial charge in [-0.3, -0.25) is 4.79 Å². The Morgan fingerprint density at radius 2 is 2.31 bits per heavy atom. The number of hydrogen-bond donors (Lipinski definition) is 1. The maximum atomic E-state index is 10.8. The predicted octanol–water partition coefficient (Wildman–Crippen LogP) is 2.31. The summed E-state index contributed by atoms with van der Waals surface area (Å²) < 4.78 is 7.63. The molecule has 1 amide bonds. The van der Waals surface area contributed by atoms with Gasteiger partial charge in [0.25, 0.3) is 0 Å². The lowest BCUT2D eigenvalue weighted by Gasteiger charge is -2.21. The van der Waals surface area contributed by atoms with Crippen LogP contribution in [0.15, 0.2) is 24.4 Å². The Balaban J connectivity index is 1.66. The molecule has 6 heteroatoms. The van der Waals surface area contributed by atoms with Crippen molar-refractivity contribution in [3.05, 3.63) is 35.5 Å². The predicted molar refractivity (Wildman–Crippen MR) is 99.3 cm³/mol. The Bertz CT molecular complexity index is 826. The first-order chi connectivity index (χ1) is 12.6. The van der Waals surface area contributed by atoms with Crippen molar-refractivity contribution in [2.75, 3.05) is 13.2 Å². The topological polar surface area (TPSA) is 69.0 Å². The summed E-state index contributed by atoms with van der Waals surface area (Å²) >= 11 is 0. The van der Waals surface area contributed by atoms with Gasteiger partial charge in [0.1, 0.15) is 5.69 Å². The van der Waals surface area contributed by atoms with Crippen molar-refractivity contribution in [2.45, 2.75) is 45.8 Å². The van der Waals surface area contributed by atoms with E-state index in [-0.39, 0.29) is 12.0 Å². The Morgan fingerprint density at radius 1 is 1.42 bits per heavy atom. The van der Waals surface area contributed by atoms with E-state index in [0.717, 1.165) is 48.4 Å². The fourth-order valence-corrected chi connectivity index (χ4v) is 3.01. The van der Waals surface area contributed by atoms with Gasteiger partial charge < -0.3 is 10.1 Å². The largest absolute Gasteiger partial charge is 0.376 e. The molecule has 1 aliphatic rings. The molecule has 1 aromatic carbocycles. The van der Waals surface area contributed by atoms with E-state index in [9.17, 15) is 4.79 Å². The number of aryl methyl sites for hydroxylation is 1. The minimum Gasteiger partial charge on any atom is -0.376 e. The zero-order valence-corrected chi connectivity index (χ0v) is 15.3. The van der Waals surface area contributed by atoms with Crippen LogP contribution in [0.2, 0.25) is 0 Å². The van der Waals surface area contributed by atoms with Gasteiger partial charge in [0.15, 0.2) is 0 Å². The molecule has 26 heavy (non-hydrogen) atoms. The SMILES string of the molecule is CC(=O)NCC#Cc1ccc(-c2cn(C[C@H]3CCCCO3)nn2)c(C)c1. The Kier molecular flexibility index (Phi) is 6.03. The van der Waals surface area contributed by atoms with Crippen molar-refractivity contribution in [3.63, 3.8) is 0 Å². The Morgan fingerprint density at radius 3 is 3.04 bits per heavy atom. The molecule has 2 aromatic rings. The summed E-state index contributed by atoms with van der Waals surface area (Å²) in [6, 6.07) is 6.01. The highest BCUT2D eigenvalue weighted by molar-refractivity contribution is 5.73. The normalized spacial score (nSPS) is 16.6. The quantitative estimate of drug-likeness (QED) is 0.858. The number of rotatable bonds is 4. The molecule has 1 atom stereocenters. The molecule has 3 rings (SSSR count). The fraction of sp³-hybridized carbons (Fsp3) is 0.450. The zero-order valence-electron chi connectivity index (χ0n) is 15.3. The van der Waals surface area contributed by atoms with Crippen LogP contribution in [-0.2, 0) is 16.1 Å². The van der Waals surface area contributed by atoms with Gasteiger partial charge in [-0.2, -0.15) is 0 Å². The number of carbonyl (C=O) groups is 1. The molecule has 0 bridgehead atoms. The van der Waals surface area contributed by atoms with Crippen LogP contribution in [0.25, 0.3) is 11.3 Å². The Hall–Kier alpha value is -2.65. The van der Waals surface area contributed by atoms with Gasteiger partial charge in [0, 0.05) is 24.7 Å². The third-order valence-electron chi connectivity index (χ3n) is 4.36. The third kappa shape index (κ3) is 4.93. The average molecular weight is 352 g/mol. The fourth-order valence-electron chi connectivity index (χ4n) is 3.01. The van der Waals surface area contributed by atoms with Gasteiger partial charge in [0.05, 0.1) is 25.4 Å². The van der Waals surface area contributed by atoms with Crippen LogP contribution in [0.3, 0.4) is 0 Å². The lowest BCUT2D eigenvalue weighted by atomic mass is 10.0. The van der Waals surface area contributed by atoms with Crippen LogP contribution >= 0.6 is 0 Å². The summed E-state index contributed by atoms with van der Waals surface area (Å²) in [5, 5.41) is 11.2. The average Bonchev–Trinajstić information content (AvgIpc) is 3.08. The van der Waals surface area contributed by atoms with Crippen LogP contribution in [0.1, 0.15) is 37.3 Å². The van der Waals surface area contributed by atoms with Crippen molar-refractivity contribution < 1.29 is 9.53 Å². The van der Waals surface area contributed by atoms with E-state index in [4.69, 9.17) is 4.74 Å². The molecule has 1 fully saturated rings. The van der Waals surface area contributed by atoms with E-state index in [2.05, 4.69) is 27.5 Å². The minimum absolute atomic E-state index is 0.0764. The molecule has 2 heterocycles. The van der Waals surface area contributed by atoms with E-state index in [0.29, 0.717) is 6.54 Å². The van der Waals surface area contributed by atoms with Crippen molar-refractivity contribution in [2.24, 2.45) is 0 Å². The van der Waals surface area contributed by atoms with E-state index < -0.39 is 0 Å². The Labute approximate surface area is 153 Å². The first-order valence-electron chi connectivity index (χ1n) is 8.98. The smallest absolute Gasteiger partial charge is 0.217 e. The molecule has 0 radical (unpaired) electrons. The molecule has 0 spiro atoms. The summed E-state index contributed by atoms with van der Waals surface area (Å²) in [5.41, 5.74) is 3.92. The van der Waals surface area contributed by atoms with Crippen molar-refractivity contribution in [1.82, 2.24) is 20.3 Å². The number of ether oxygens (including phenoxy) is 1. The number of benzene rings is 1. The molecule has 1 aliphatic heterocycles. The van der Waals surface area contributed by atoms with Crippen molar-refractivity contribution in [1.29, 1.82) is 0 Å². The van der Waals surface area contributed by atoms with E-state index in [1.54, 1.807) is 0 Å². The van der Waals surface area contributed by atoms with Gasteiger partial charge in [-0.05, 0) is 43.9 Å². The highest BCUT2D eigenvalue weighted by Crippen LogP contribution is 2.22. The summed E-state index contributed by atoms with van der Waals surface area (Å²) in [4.78, 5) is 10.8. The second kappa shape index (κ2) is 8.63. The maximum Gasteiger partial charge on any atom is 0.217 e. The van der Waals surface area contributed by atoms with Crippen molar-refractivity contribution >= 4 is 5.91 Å². The molecule has 0 aliphatic carbocycles. The third-order valence-corrected chi connectivity index (χ3v) is 4.36. The number of nitrogens with one attached hydrogen (secondary N) is 1. The van der Waals surface area contributed by atoms with Gasteiger partial charge >= 0.3 is 0 Å². The molecule has 0 saturated carbocycles. The molecule has 1 N–H and O–H groups in total. The van der Waals surface area contributed by atoms with E-state index in [1.165, 1.54) is 13.3 Å². The minimum atomic E-state index is -0.0764. The van der Waals surface area contributed by atoms with Gasteiger partial charge in [0.2, 0.25) is 5.91 Å². The summed E-state index contributed by atoms with van der Waals surface area (Å²) in [6.07, 6.45) is 5.66. The van der Waals surface area contributed by atoms with Gasteiger partial charge in [-0.1, -0.05) is 23.1 Å². The lowest BCUT2D eigenvalue weighted by Crippen LogP contribution is -2.24. The highest BCUT2D eigenvalue weighted by atomic mass is 16.5. The number of aromatic nitrogens is 3. The first-order valence-corrected chi connectivity index (χ1v) is 8.98. The molecule has 0 unspecified atom stereocenters. The lowest BCUT2D eigenvalue weighted by molar-refractivity contribution is -0.118. The zero-order chi connectivity index (χ0) is 18.4. The van der Waals surface area contributed by atoms with E-state index >= 15 is 0 Å². The highest BCUT2D eigenvalue weighted by Gasteiger charge is 2.16. The number of amides is 1. The van der Waals surface area contributed by atoms with Crippen LogP contribution in [-0.4, -0.2) is 40.2 Å². The van der Waals surface area contributed by atoms with Crippen molar-refractivity contribution in [3.8, 4) is 23.1 Å². The summed E-state index contributed by atoms with van der Waals surface area (Å²) in [6.45, 7) is 5.47. The number of hydrogen-bond acceptors (Lipinski definition) is 4. The molecular formula is C20H24N4O2. The molecular weight excluding hydrogens is 328 g/mol. The first kappa shape index (κ1) is 18.2. The van der Waals surface area contributed by atoms with Crippen LogP contribution in [0.5, 0.6) is 0 Å². The van der Waals surface area contributed by atoms with Crippen LogP contribution < -0.4 is 5.32 Å². The summed E-state index contributed by atoms with van der Waals surface area (Å²) in [7, 11) is 0. The van der Waals surface area contributed by atoms with Gasteiger partial charge in [-0.15, -0.1) is 5.10 Å². The second-order valence-electron chi connectivity index (χ2n) is 6.56. The van der Waals surface area contributed by atoms with Crippen LogP contribution in [0.4, 0.5) is 0 Å². The molecule has 6 nitrogen and oxygen atoms in total. The maximum absolute atomic E-state index is 10.8. The summed E-state index contributed by atoms with van der Waals surface area (Å²) in [5.74, 6) is 5.92. The standard InChI is InChI=1S/C20H24N4O2/c1-15-12-17(6-5-10-21-16(2)25)8-9-19(15)20-14-24(23-22-20)13-18-7-3-4-11-26-18/h8-9,12,14,18H,3-4,7,10-11,13H2,1-2H3,(H,21,25)/t18-/m1/s1. The second-order valence-corrected chi connectivity index (χ2v) is 6.56. The number of nitrogens with zero attached hydrogens (tertiary/aromatic N) is 3. The number of carbonyl (C=O) groups excluding carboxylic acids is 1. The molecule has 1 saturated heterocycles. The molecule has 1 aromatic heterocycles. The van der Waals surface area contributed by atoms with E-state index in [1.807, 2.05) is 36.0 Å². The molecule has 136 valence electrons. The van der Waals surface area contributed by atoms with Gasteiger partial charge in [-0.25, -0.2) is 4.68 Å².